The Bertz CT molecular complexity index is 711. The highest BCUT2D eigenvalue weighted by molar-refractivity contribution is 9.10. The van der Waals surface area contributed by atoms with Gasteiger partial charge in [-0.25, -0.2) is 9.97 Å². The maximum absolute atomic E-state index is 5.85. The average molecular weight is 336 g/mol. The van der Waals surface area contributed by atoms with Crippen LogP contribution in [-0.4, -0.2) is 9.97 Å². The molecule has 4 nitrogen and oxygen atoms in total. The van der Waals surface area contributed by atoms with Crippen molar-refractivity contribution >= 4 is 44.5 Å². The second kappa shape index (κ2) is 5.22. The monoisotopic (exact) mass is 335 g/mol. The smallest absolute Gasteiger partial charge is 0.205 e. The van der Waals surface area contributed by atoms with Crippen molar-refractivity contribution in [1.29, 1.82) is 0 Å². The Hall–Kier alpha value is -1.53. The van der Waals surface area contributed by atoms with Crippen molar-refractivity contribution in [2.75, 3.05) is 5.73 Å². The van der Waals surface area contributed by atoms with Crippen molar-refractivity contribution in [2.24, 2.45) is 0 Å². The van der Waals surface area contributed by atoms with Gasteiger partial charge in [0, 0.05) is 10.7 Å². The second-order valence-corrected chi connectivity index (χ2v) is 5.82. The summed E-state index contributed by atoms with van der Waals surface area (Å²) in [4.78, 5) is 8.68. The number of nitrogens with two attached hydrogens (primary N) is 1. The number of nitrogens with zero attached hydrogens (tertiary/aromatic N) is 2. The zero-order valence-electron chi connectivity index (χ0n) is 9.84. The summed E-state index contributed by atoms with van der Waals surface area (Å²) in [5.74, 6) is 1.28. The van der Waals surface area contributed by atoms with E-state index in [1.54, 1.807) is 18.0 Å². The van der Waals surface area contributed by atoms with Crippen LogP contribution in [0, 0.1) is 0 Å². The fourth-order valence-electron chi connectivity index (χ4n) is 1.66. The Labute approximate surface area is 122 Å². The molecule has 0 aliphatic heterocycles. The van der Waals surface area contributed by atoms with Gasteiger partial charge in [0.05, 0.1) is 16.5 Å². The van der Waals surface area contributed by atoms with Gasteiger partial charge in [-0.3, -0.25) is 0 Å². The molecular weight excluding hydrogens is 326 g/mol. The van der Waals surface area contributed by atoms with E-state index in [0.717, 1.165) is 20.6 Å². The first kappa shape index (κ1) is 12.5. The minimum atomic E-state index is 0.628. The number of pyridine rings is 1. The lowest BCUT2D eigenvalue weighted by molar-refractivity contribution is 0.556. The van der Waals surface area contributed by atoms with E-state index >= 15 is 0 Å². The molecule has 0 radical (unpaired) electrons. The maximum Gasteiger partial charge on any atom is 0.205 e. The molecule has 0 fully saturated rings. The molecule has 0 bridgehead atoms. The number of halogens is 1. The summed E-state index contributed by atoms with van der Waals surface area (Å²) in [5.41, 5.74) is 7.93. The van der Waals surface area contributed by atoms with Gasteiger partial charge in [0.15, 0.2) is 5.58 Å². The molecule has 0 unspecified atom stereocenters. The van der Waals surface area contributed by atoms with Crippen LogP contribution in [0.3, 0.4) is 0 Å². The van der Waals surface area contributed by atoms with Gasteiger partial charge in [0.2, 0.25) is 5.89 Å². The third kappa shape index (κ3) is 2.74. The first-order valence-corrected chi connectivity index (χ1v) is 7.38. The van der Waals surface area contributed by atoms with Gasteiger partial charge in [0.1, 0.15) is 5.52 Å². The number of benzene rings is 1. The summed E-state index contributed by atoms with van der Waals surface area (Å²) in [6.07, 6.45) is 1.77. The lowest BCUT2D eigenvalue weighted by Gasteiger charge is -1.97. The van der Waals surface area contributed by atoms with E-state index in [0.29, 0.717) is 17.3 Å². The van der Waals surface area contributed by atoms with Crippen molar-refractivity contribution in [2.45, 2.75) is 10.8 Å². The number of hydrogen-bond acceptors (Lipinski definition) is 5. The molecule has 1 aromatic carbocycles. The molecule has 3 aromatic rings. The molecule has 0 spiro atoms. The number of nitrogen functional groups attached to an aromatic ring is 1. The van der Waals surface area contributed by atoms with E-state index in [4.69, 9.17) is 10.2 Å². The van der Waals surface area contributed by atoms with Crippen molar-refractivity contribution in [3.63, 3.8) is 0 Å². The van der Waals surface area contributed by atoms with Gasteiger partial charge >= 0.3 is 0 Å². The summed E-state index contributed by atoms with van der Waals surface area (Å²) in [6.45, 7) is 0. The molecule has 0 amide bonds. The fourth-order valence-corrected chi connectivity index (χ4v) is 2.58. The van der Waals surface area contributed by atoms with E-state index in [1.807, 2.05) is 30.3 Å². The maximum atomic E-state index is 5.85. The summed E-state index contributed by atoms with van der Waals surface area (Å²) in [5, 5.41) is 0.929. The van der Waals surface area contributed by atoms with Crippen LogP contribution >= 0.6 is 27.7 Å². The van der Waals surface area contributed by atoms with E-state index in [2.05, 4.69) is 25.9 Å². The molecule has 19 heavy (non-hydrogen) atoms. The van der Waals surface area contributed by atoms with Crippen LogP contribution in [0.4, 0.5) is 5.69 Å². The van der Waals surface area contributed by atoms with Crippen LogP contribution < -0.4 is 5.73 Å². The number of thioether (sulfide) groups is 1. The van der Waals surface area contributed by atoms with Gasteiger partial charge in [-0.15, -0.1) is 0 Å². The normalized spacial score (nSPS) is 11.0. The van der Waals surface area contributed by atoms with E-state index < -0.39 is 0 Å². The topological polar surface area (TPSA) is 64.9 Å². The Kier molecular flexibility index (Phi) is 3.44. The lowest BCUT2D eigenvalue weighted by Crippen LogP contribution is -1.86. The van der Waals surface area contributed by atoms with Gasteiger partial charge < -0.3 is 10.2 Å². The number of oxazole rings is 1. The predicted octanol–water partition coefficient (Wildman–Crippen LogP) is 3.86. The van der Waals surface area contributed by atoms with Crippen LogP contribution in [0.15, 0.2) is 50.4 Å². The molecule has 3 rings (SSSR count). The molecule has 0 atom stereocenters. The third-order valence-corrected chi connectivity index (χ3v) is 3.94. The Morgan fingerprint density at radius 1 is 1.26 bits per heavy atom. The highest BCUT2D eigenvalue weighted by Crippen LogP contribution is 2.26. The molecule has 2 aromatic heterocycles. The number of rotatable bonds is 3. The lowest BCUT2D eigenvalue weighted by atomic mass is 10.3. The largest absolute Gasteiger partial charge is 0.440 e. The summed E-state index contributed by atoms with van der Waals surface area (Å²) >= 11 is 4.93. The van der Waals surface area contributed by atoms with Gasteiger partial charge in [-0.05, 0) is 40.2 Å². The minimum Gasteiger partial charge on any atom is -0.440 e. The molecule has 96 valence electrons. The van der Waals surface area contributed by atoms with Crippen molar-refractivity contribution in [1.82, 2.24) is 9.97 Å². The molecule has 2 N–H and O–H groups in total. The Balaban J connectivity index is 1.78. The summed E-state index contributed by atoms with van der Waals surface area (Å²) < 4.78 is 6.61. The summed E-state index contributed by atoms with van der Waals surface area (Å²) in [7, 11) is 0. The first-order valence-electron chi connectivity index (χ1n) is 5.60. The molecule has 0 saturated heterocycles. The number of hydrogen-bond donors (Lipinski definition) is 1. The number of aromatic nitrogens is 2. The van der Waals surface area contributed by atoms with Crippen LogP contribution in [0.2, 0.25) is 0 Å². The van der Waals surface area contributed by atoms with E-state index in [1.165, 1.54) is 0 Å². The summed E-state index contributed by atoms with van der Waals surface area (Å²) in [6, 6.07) is 9.45. The first-order chi connectivity index (χ1) is 9.22. The Morgan fingerprint density at radius 3 is 2.89 bits per heavy atom. The van der Waals surface area contributed by atoms with Crippen LogP contribution in [0.25, 0.3) is 11.1 Å². The highest BCUT2D eigenvalue weighted by atomic mass is 79.9. The van der Waals surface area contributed by atoms with E-state index in [9.17, 15) is 0 Å². The molecule has 0 saturated carbocycles. The fraction of sp³-hybridized carbons (Fsp3) is 0.0769. The number of para-hydroxylation sites is 1. The molecule has 2 heterocycles. The molecule has 6 heteroatoms. The van der Waals surface area contributed by atoms with Crippen molar-refractivity contribution < 1.29 is 4.42 Å². The number of anilines is 1. The van der Waals surface area contributed by atoms with Crippen LogP contribution in [-0.2, 0) is 5.75 Å². The van der Waals surface area contributed by atoms with Crippen molar-refractivity contribution in [3.8, 4) is 0 Å². The Morgan fingerprint density at radius 2 is 2.16 bits per heavy atom. The van der Waals surface area contributed by atoms with Gasteiger partial charge in [0.25, 0.3) is 0 Å². The van der Waals surface area contributed by atoms with Crippen LogP contribution in [0.1, 0.15) is 5.89 Å². The highest BCUT2D eigenvalue weighted by Gasteiger charge is 2.08. The average Bonchev–Trinajstić information content (AvgIpc) is 2.83. The van der Waals surface area contributed by atoms with E-state index in [-0.39, 0.29) is 0 Å². The van der Waals surface area contributed by atoms with Crippen LogP contribution in [0.5, 0.6) is 0 Å². The SMILES string of the molecule is Nc1cccc2oc(CSc3ccc(Br)cn3)nc12. The zero-order chi connectivity index (χ0) is 13.2. The predicted molar refractivity (Wildman–Crippen MR) is 79.9 cm³/mol. The molecule has 0 aliphatic rings. The van der Waals surface area contributed by atoms with Gasteiger partial charge in [-0.2, -0.15) is 0 Å². The second-order valence-electron chi connectivity index (χ2n) is 3.90. The third-order valence-electron chi connectivity index (χ3n) is 2.54. The molecular formula is C13H10BrN3OS. The quantitative estimate of drug-likeness (QED) is 0.581. The standard InChI is InChI=1S/C13H10BrN3OS/c14-8-4-5-12(16-6-8)19-7-11-17-13-9(15)2-1-3-10(13)18-11/h1-6H,7,15H2. The number of fused-ring (bicyclic) bond motifs is 1. The van der Waals surface area contributed by atoms with Crippen molar-refractivity contribution in [3.05, 3.63) is 46.9 Å². The zero-order valence-corrected chi connectivity index (χ0v) is 12.2. The minimum absolute atomic E-state index is 0.628. The van der Waals surface area contributed by atoms with Gasteiger partial charge in [-0.1, -0.05) is 17.8 Å². The molecule has 0 aliphatic carbocycles.